The minimum absolute atomic E-state index is 0.0294. The average Bonchev–Trinajstić information content (AvgIpc) is 3.19. The molecule has 4 nitrogen and oxygen atoms in total. The lowest BCUT2D eigenvalue weighted by molar-refractivity contribution is -0.145. The highest BCUT2D eigenvalue weighted by molar-refractivity contribution is 7.10. The molecule has 1 aliphatic rings. The van der Waals surface area contributed by atoms with E-state index < -0.39 is 0 Å². The second kappa shape index (κ2) is 9.12. The van der Waals surface area contributed by atoms with Gasteiger partial charge in [0.05, 0.1) is 6.04 Å². The molecule has 1 aromatic carbocycles. The molecule has 0 fully saturated rings. The van der Waals surface area contributed by atoms with Crippen molar-refractivity contribution in [2.75, 3.05) is 13.1 Å². The minimum Gasteiger partial charge on any atom is -0.330 e. The number of hydrogen-bond acceptors (Lipinski definition) is 3. The highest BCUT2D eigenvalue weighted by atomic mass is 32.1. The number of fused-ring (bicyclic) bond motifs is 1. The first-order valence-corrected chi connectivity index (χ1v) is 11.4. The van der Waals surface area contributed by atoms with Crippen molar-refractivity contribution < 1.29 is 9.59 Å². The van der Waals surface area contributed by atoms with E-state index in [0.717, 1.165) is 18.4 Å². The molecule has 0 N–H and O–H groups in total. The Bertz CT molecular complexity index is 856. The maximum atomic E-state index is 13.5. The minimum atomic E-state index is -0.116. The highest BCUT2D eigenvalue weighted by Crippen LogP contribution is 2.38. The smallest absolute Gasteiger partial charge is 0.243 e. The predicted octanol–water partition coefficient (Wildman–Crippen LogP) is 4.81. The van der Waals surface area contributed by atoms with Crippen molar-refractivity contribution in [2.24, 2.45) is 5.92 Å². The van der Waals surface area contributed by atoms with Crippen molar-refractivity contribution in [2.45, 2.75) is 59.5 Å². The van der Waals surface area contributed by atoms with Crippen LogP contribution in [0, 0.1) is 12.8 Å². The van der Waals surface area contributed by atoms with Crippen LogP contribution in [0.5, 0.6) is 0 Å². The van der Waals surface area contributed by atoms with Gasteiger partial charge in [-0.1, -0.05) is 50.6 Å². The largest absolute Gasteiger partial charge is 0.330 e. The van der Waals surface area contributed by atoms with Gasteiger partial charge in [-0.3, -0.25) is 9.59 Å². The summed E-state index contributed by atoms with van der Waals surface area (Å²) in [6.07, 6.45) is 1.71. The van der Waals surface area contributed by atoms with E-state index in [1.807, 2.05) is 25.7 Å². The summed E-state index contributed by atoms with van der Waals surface area (Å²) in [5, 5.41) is 2.12. The van der Waals surface area contributed by atoms with E-state index in [0.29, 0.717) is 6.54 Å². The molecule has 3 rings (SSSR count). The van der Waals surface area contributed by atoms with E-state index >= 15 is 0 Å². The first-order valence-electron chi connectivity index (χ1n) is 10.6. The van der Waals surface area contributed by atoms with Gasteiger partial charge in [-0.05, 0) is 49.3 Å². The van der Waals surface area contributed by atoms with Gasteiger partial charge in [-0.25, -0.2) is 0 Å². The van der Waals surface area contributed by atoms with Crippen LogP contribution in [-0.2, 0) is 16.0 Å². The molecule has 156 valence electrons. The van der Waals surface area contributed by atoms with Gasteiger partial charge in [-0.2, -0.15) is 0 Å². The van der Waals surface area contributed by atoms with Crippen molar-refractivity contribution in [1.29, 1.82) is 0 Å². The van der Waals surface area contributed by atoms with Crippen molar-refractivity contribution in [3.8, 4) is 0 Å². The molecule has 0 saturated carbocycles. The molecule has 2 heterocycles. The predicted molar refractivity (Wildman–Crippen MR) is 119 cm³/mol. The Morgan fingerprint density at radius 2 is 1.86 bits per heavy atom. The number of amides is 2. The summed E-state index contributed by atoms with van der Waals surface area (Å²) < 4.78 is 0. The normalized spacial score (nSPS) is 17.2. The van der Waals surface area contributed by atoms with Crippen LogP contribution in [0.4, 0.5) is 0 Å². The average molecular weight is 413 g/mol. The van der Waals surface area contributed by atoms with Gasteiger partial charge in [0, 0.05) is 23.4 Å². The molecule has 0 aliphatic carbocycles. The van der Waals surface area contributed by atoms with Gasteiger partial charge in [0.2, 0.25) is 11.8 Å². The zero-order chi connectivity index (χ0) is 21.1. The van der Waals surface area contributed by atoms with Crippen LogP contribution >= 0.6 is 11.3 Å². The van der Waals surface area contributed by atoms with Crippen molar-refractivity contribution in [1.82, 2.24) is 9.80 Å². The molecular formula is C24H32N2O2S. The summed E-state index contributed by atoms with van der Waals surface area (Å²) in [4.78, 5) is 31.3. The summed E-state index contributed by atoms with van der Waals surface area (Å²) in [6.45, 7) is 10.8. The molecule has 2 amide bonds. The van der Waals surface area contributed by atoms with E-state index in [2.05, 4.69) is 49.6 Å². The number of carbonyl (C=O) groups excluding carboxylic acids is 2. The van der Waals surface area contributed by atoms with Gasteiger partial charge >= 0.3 is 0 Å². The van der Waals surface area contributed by atoms with Gasteiger partial charge < -0.3 is 9.80 Å². The van der Waals surface area contributed by atoms with Crippen LogP contribution in [0.1, 0.15) is 61.7 Å². The molecule has 29 heavy (non-hydrogen) atoms. The Hall–Kier alpha value is -2.14. The summed E-state index contributed by atoms with van der Waals surface area (Å²) in [7, 11) is 0. The summed E-state index contributed by atoms with van der Waals surface area (Å²) >= 11 is 1.77. The van der Waals surface area contributed by atoms with Crippen molar-refractivity contribution in [3.05, 3.63) is 57.3 Å². The molecule has 1 aromatic heterocycles. The fraction of sp³-hybridized carbons (Fsp3) is 0.500. The standard InChI is InChI=1S/C24H32N2O2S/c1-6-18(5)26(24(28)16(2)3)15-22(27)25-13-11-21-20(12-14-29-21)23(25)19-9-7-17(4)8-10-19/h7-10,12,14,16,18,23H,6,11,13,15H2,1-5H3/t18-,23+/m1/s1. The lowest BCUT2D eigenvalue weighted by Crippen LogP contribution is -2.50. The number of benzene rings is 1. The molecule has 2 aromatic rings. The number of rotatable bonds is 6. The molecule has 0 saturated heterocycles. The SMILES string of the molecule is CC[C@@H](C)N(CC(=O)N1CCc2sccc2[C@@H]1c1ccc(C)cc1)C(=O)C(C)C. The molecular weight excluding hydrogens is 380 g/mol. The first kappa shape index (κ1) is 21.6. The Labute approximate surface area is 178 Å². The van der Waals surface area contributed by atoms with Gasteiger partial charge in [-0.15, -0.1) is 11.3 Å². The molecule has 0 bridgehead atoms. The third-order valence-electron chi connectivity index (χ3n) is 5.88. The van der Waals surface area contributed by atoms with Gasteiger partial charge in [0.1, 0.15) is 6.54 Å². The fourth-order valence-corrected chi connectivity index (χ4v) is 4.84. The Kier molecular flexibility index (Phi) is 6.78. The van der Waals surface area contributed by atoms with Crippen molar-refractivity contribution in [3.63, 3.8) is 0 Å². The van der Waals surface area contributed by atoms with Gasteiger partial charge in [0.25, 0.3) is 0 Å². The summed E-state index contributed by atoms with van der Waals surface area (Å²) in [5.41, 5.74) is 3.57. The molecule has 0 unspecified atom stereocenters. The van der Waals surface area contributed by atoms with E-state index in [9.17, 15) is 9.59 Å². The second-order valence-corrected chi connectivity index (χ2v) is 9.33. The molecule has 2 atom stereocenters. The van der Waals surface area contributed by atoms with Crippen LogP contribution < -0.4 is 0 Å². The van der Waals surface area contributed by atoms with Crippen LogP contribution in [0.3, 0.4) is 0 Å². The van der Waals surface area contributed by atoms with Crippen LogP contribution in [0.25, 0.3) is 0 Å². The lowest BCUT2D eigenvalue weighted by Gasteiger charge is -2.39. The van der Waals surface area contributed by atoms with E-state index in [-0.39, 0.29) is 36.4 Å². The number of hydrogen-bond donors (Lipinski definition) is 0. The number of nitrogens with zero attached hydrogens (tertiary/aromatic N) is 2. The van der Waals surface area contributed by atoms with E-state index in [1.54, 1.807) is 16.2 Å². The van der Waals surface area contributed by atoms with Crippen LogP contribution in [0.2, 0.25) is 0 Å². The topological polar surface area (TPSA) is 40.6 Å². The summed E-state index contributed by atoms with van der Waals surface area (Å²) in [5.74, 6) is -0.0379. The maximum Gasteiger partial charge on any atom is 0.243 e. The molecule has 0 radical (unpaired) electrons. The number of carbonyl (C=O) groups is 2. The Morgan fingerprint density at radius 3 is 2.48 bits per heavy atom. The lowest BCUT2D eigenvalue weighted by atomic mass is 9.92. The van der Waals surface area contributed by atoms with E-state index in [1.165, 1.54) is 16.0 Å². The number of aryl methyl sites for hydroxylation is 1. The molecule has 0 spiro atoms. The fourth-order valence-electron chi connectivity index (χ4n) is 3.93. The Balaban J connectivity index is 1.91. The Morgan fingerprint density at radius 1 is 1.17 bits per heavy atom. The zero-order valence-electron chi connectivity index (χ0n) is 18.1. The monoisotopic (exact) mass is 412 g/mol. The van der Waals surface area contributed by atoms with Crippen LogP contribution in [0.15, 0.2) is 35.7 Å². The van der Waals surface area contributed by atoms with Gasteiger partial charge in [0.15, 0.2) is 0 Å². The maximum absolute atomic E-state index is 13.5. The third kappa shape index (κ3) is 4.55. The number of thiophene rings is 1. The first-order chi connectivity index (χ1) is 13.8. The quantitative estimate of drug-likeness (QED) is 0.683. The second-order valence-electron chi connectivity index (χ2n) is 8.33. The molecule has 5 heteroatoms. The summed E-state index contributed by atoms with van der Waals surface area (Å²) in [6, 6.07) is 10.6. The van der Waals surface area contributed by atoms with Crippen LogP contribution in [-0.4, -0.2) is 40.7 Å². The van der Waals surface area contributed by atoms with Crippen molar-refractivity contribution >= 4 is 23.2 Å². The highest BCUT2D eigenvalue weighted by Gasteiger charge is 2.34. The molecule has 1 aliphatic heterocycles. The van der Waals surface area contributed by atoms with E-state index in [4.69, 9.17) is 0 Å². The third-order valence-corrected chi connectivity index (χ3v) is 6.88. The zero-order valence-corrected chi connectivity index (χ0v) is 19.0.